The molecule has 0 fully saturated rings. The molecular weight excluding hydrogens is 306 g/mol. The number of sulfonamides is 1. The third-order valence-corrected chi connectivity index (χ3v) is 4.45. The van der Waals surface area contributed by atoms with Gasteiger partial charge in [0.05, 0.1) is 21.6 Å². The van der Waals surface area contributed by atoms with Crippen LogP contribution < -0.4 is 4.72 Å². The number of benzene rings is 1. The van der Waals surface area contributed by atoms with Crippen LogP contribution in [0.5, 0.6) is 0 Å². The molecule has 1 rings (SSSR count). The van der Waals surface area contributed by atoms with Gasteiger partial charge in [0.25, 0.3) is 0 Å². The van der Waals surface area contributed by atoms with E-state index in [0.29, 0.717) is 0 Å². The summed E-state index contributed by atoms with van der Waals surface area (Å²) in [4.78, 5) is 10.8. The fraction of sp³-hybridized carbons (Fsp3) is 0.417. The highest BCUT2D eigenvalue weighted by atomic mass is 35.5. The molecule has 0 heterocycles. The van der Waals surface area contributed by atoms with Crippen LogP contribution >= 0.6 is 11.6 Å². The van der Waals surface area contributed by atoms with Crippen molar-refractivity contribution in [3.05, 3.63) is 28.8 Å². The Morgan fingerprint density at radius 1 is 1.40 bits per heavy atom. The van der Waals surface area contributed by atoms with Crippen LogP contribution in [0.3, 0.4) is 0 Å². The summed E-state index contributed by atoms with van der Waals surface area (Å²) in [5.41, 5.74) is -0.280. The summed E-state index contributed by atoms with van der Waals surface area (Å²) in [6, 6.07) is 2.97. The van der Waals surface area contributed by atoms with Gasteiger partial charge >= 0.3 is 5.97 Å². The summed E-state index contributed by atoms with van der Waals surface area (Å²) >= 11 is 5.69. The lowest BCUT2D eigenvalue weighted by Crippen LogP contribution is -2.34. The molecular formula is C12H16ClNO5S. The summed E-state index contributed by atoms with van der Waals surface area (Å²) in [5, 5.41) is 18.1. The average Bonchev–Trinajstić information content (AvgIpc) is 2.26. The molecule has 8 heteroatoms. The van der Waals surface area contributed by atoms with E-state index in [2.05, 4.69) is 4.72 Å². The van der Waals surface area contributed by atoms with Gasteiger partial charge in [-0.05, 0) is 38.5 Å². The van der Waals surface area contributed by atoms with Crippen molar-refractivity contribution in [3.8, 4) is 0 Å². The van der Waals surface area contributed by atoms with Crippen LogP contribution in [0.1, 0.15) is 30.6 Å². The van der Waals surface area contributed by atoms with Gasteiger partial charge in [-0.2, -0.15) is 0 Å². The van der Waals surface area contributed by atoms with Crippen molar-refractivity contribution in [1.82, 2.24) is 4.72 Å². The predicted molar refractivity (Wildman–Crippen MR) is 74.5 cm³/mol. The lowest BCUT2D eigenvalue weighted by atomic mass is 10.2. The van der Waals surface area contributed by atoms with E-state index < -0.39 is 28.1 Å². The van der Waals surface area contributed by atoms with Crippen molar-refractivity contribution in [1.29, 1.82) is 0 Å². The first-order valence-corrected chi connectivity index (χ1v) is 7.73. The highest BCUT2D eigenvalue weighted by Crippen LogP contribution is 2.20. The molecule has 3 N–H and O–H groups in total. The zero-order chi connectivity index (χ0) is 15.5. The maximum Gasteiger partial charge on any atom is 0.337 e. The SMILES string of the molecule is CC(O)CC(C)NS(=O)(=O)c1ccc(Cl)c(C(=O)O)c1. The number of carboxylic acids is 1. The van der Waals surface area contributed by atoms with Gasteiger partial charge in [-0.15, -0.1) is 0 Å². The van der Waals surface area contributed by atoms with Crippen molar-refractivity contribution < 1.29 is 23.4 Å². The molecule has 1 aromatic rings. The molecule has 0 aliphatic heterocycles. The molecule has 112 valence electrons. The standard InChI is InChI=1S/C12H16ClNO5S/c1-7(5-8(2)15)14-20(18,19)9-3-4-11(13)10(6-9)12(16)17/h3-4,6-8,14-15H,5H2,1-2H3,(H,16,17). The second kappa shape index (κ2) is 6.53. The van der Waals surface area contributed by atoms with Crippen LogP contribution in [-0.2, 0) is 10.0 Å². The molecule has 0 aliphatic carbocycles. The van der Waals surface area contributed by atoms with Crippen LogP contribution in [0.2, 0.25) is 5.02 Å². The molecule has 0 aromatic heterocycles. The summed E-state index contributed by atoms with van der Waals surface area (Å²) in [5.74, 6) is -1.30. The molecule has 0 saturated heterocycles. The molecule has 2 unspecified atom stereocenters. The number of carbonyl (C=O) groups is 1. The first kappa shape index (κ1) is 16.9. The molecule has 1 aromatic carbocycles. The number of halogens is 1. The highest BCUT2D eigenvalue weighted by molar-refractivity contribution is 7.89. The minimum atomic E-state index is -3.86. The normalized spacial score (nSPS) is 14.8. The van der Waals surface area contributed by atoms with E-state index in [9.17, 15) is 18.3 Å². The predicted octanol–water partition coefficient (Wildman–Crippen LogP) is 1.48. The maximum absolute atomic E-state index is 12.1. The molecule has 0 amide bonds. The van der Waals surface area contributed by atoms with E-state index in [1.165, 1.54) is 12.1 Å². The van der Waals surface area contributed by atoms with Crippen molar-refractivity contribution in [2.45, 2.75) is 37.3 Å². The fourth-order valence-electron chi connectivity index (χ4n) is 1.73. The van der Waals surface area contributed by atoms with Gasteiger partial charge < -0.3 is 10.2 Å². The Balaban J connectivity index is 3.04. The Kier molecular flexibility index (Phi) is 5.52. The Hall–Kier alpha value is -1.15. The monoisotopic (exact) mass is 321 g/mol. The van der Waals surface area contributed by atoms with Crippen LogP contribution in [0, 0.1) is 0 Å². The molecule has 0 radical (unpaired) electrons. The summed E-state index contributed by atoms with van der Waals surface area (Å²) in [7, 11) is -3.86. The van der Waals surface area contributed by atoms with Crippen molar-refractivity contribution in [3.63, 3.8) is 0 Å². The topological polar surface area (TPSA) is 104 Å². The van der Waals surface area contributed by atoms with Gasteiger partial charge in [0.15, 0.2) is 0 Å². The summed E-state index contributed by atoms with van der Waals surface area (Å²) in [6.07, 6.45) is -0.397. The van der Waals surface area contributed by atoms with E-state index >= 15 is 0 Å². The van der Waals surface area contributed by atoms with E-state index in [-0.39, 0.29) is 21.9 Å². The second-order valence-electron chi connectivity index (χ2n) is 4.55. The molecule has 20 heavy (non-hydrogen) atoms. The number of carboxylic acid groups (broad SMARTS) is 1. The number of rotatable bonds is 6. The quantitative estimate of drug-likeness (QED) is 0.736. The van der Waals surface area contributed by atoms with Gasteiger partial charge in [0, 0.05) is 6.04 Å². The lowest BCUT2D eigenvalue weighted by Gasteiger charge is -2.16. The van der Waals surface area contributed by atoms with E-state index in [0.717, 1.165) is 6.07 Å². The fourth-order valence-corrected chi connectivity index (χ4v) is 3.21. The highest BCUT2D eigenvalue weighted by Gasteiger charge is 2.21. The van der Waals surface area contributed by atoms with Crippen LogP contribution in [0.15, 0.2) is 23.1 Å². The minimum Gasteiger partial charge on any atom is -0.478 e. The van der Waals surface area contributed by atoms with Crippen molar-refractivity contribution >= 4 is 27.6 Å². The van der Waals surface area contributed by atoms with E-state index in [1.54, 1.807) is 13.8 Å². The van der Waals surface area contributed by atoms with Crippen molar-refractivity contribution in [2.24, 2.45) is 0 Å². The summed E-state index contributed by atoms with van der Waals surface area (Å²) in [6.45, 7) is 3.16. The molecule has 0 saturated carbocycles. The van der Waals surface area contributed by atoms with Gasteiger partial charge in [-0.3, -0.25) is 0 Å². The smallest absolute Gasteiger partial charge is 0.337 e. The number of hydrogen-bond acceptors (Lipinski definition) is 4. The van der Waals surface area contributed by atoms with Crippen LogP contribution in [0.25, 0.3) is 0 Å². The summed E-state index contributed by atoms with van der Waals surface area (Å²) < 4.78 is 26.5. The van der Waals surface area contributed by atoms with Gasteiger partial charge in [0.1, 0.15) is 0 Å². The molecule has 0 aliphatic rings. The third kappa shape index (κ3) is 4.45. The third-order valence-electron chi connectivity index (χ3n) is 2.53. The maximum atomic E-state index is 12.1. The number of hydrogen-bond donors (Lipinski definition) is 3. The second-order valence-corrected chi connectivity index (χ2v) is 6.68. The number of aliphatic hydroxyl groups is 1. The lowest BCUT2D eigenvalue weighted by molar-refractivity contribution is 0.0697. The van der Waals surface area contributed by atoms with Gasteiger partial charge in [0.2, 0.25) is 10.0 Å². The average molecular weight is 322 g/mol. The Morgan fingerprint density at radius 3 is 2.50 bits per heavy atom. The van der Waals surface area contributed by atoms with Crippen LogP contribution in [0.4, 0.5) is 0 Å². The zero-order valence-electron chi connectivity index (χ0n) is 11.0. The van der Waals surface area contributed by atoms with Gasteiger partial charge in [-0.1, -0.05) is 11.6 Å². The Labute approximate surface area is 122 Å². The zero-order valence-corrected chi connectivity index (χ0v) is 12.6. The van der Waals surface area contributed by atoms with Crippen LogP contribution in [-0.4, -0.2) is 36.7 Å². The first-order chi connectivity index (χ1) is 9.13. The van der Waals surface area contributed by atoms with E-state index in [4.69, 9.17) is 16.7 Å². The largest absolute Gasteiger partial charge is 0.478 e. The first-order valence-electron chi connectivity index (χ1n) is 5.86. The minimum absolute atomic E-state index is 0.0338. The van der Waals surface area contributed by atoms with Gasteiger partial charge in [-0.25, -0.2) is 17.9 Å². The molecule has 0 spiro atoms. The molecule has 0 bridgehead atoms. The number of nitrogens with one attached hydrogen (secondary N) is 1. The number of aliphatic hydroxyl groups excluding tert-OH is 1. The molecule has 2 atom stereocenters. The van der Waals surface area contributed by atoms with E-state index in [1.807, 2.05) is 0 Å². The Morgan fingerprint density at radius 2 is 2.00 bits per heavy atom. The number of aromatic carboxylic acids is 1. The molecule has 6 nitrogen and oxygen atoms in total. The van der Waals surface area contributed by atoms with Crippen molar-refractivity contribution in [2.75, 3.05) is 0 Å². The Bertz CT molecular complexity index is 600.